The van der Waals surface area contributed by atoms with E-state index in [-0.39, 0.29) is 26.2 Å². The van der Waals surface area contributed by atoms with Crippen LogP contribution in [0.4, 0.5) is 0 Å². The van der Waals surface area contributed by atoms with E-state index in [9.17, 15) is 5.11 Å². The predicted octanol–water partition coefficient (Wildman–Crippen LogP) is 6.18. The van der Waals surface area contributed by atoms with Crippen molar-refractivity contribution in [2.75, 3.05) is 7.11 Å². The molecule has 0 saturated heterocycles. The summed E-state index contributed by atoms with van der Waals surface area (Å²) in [6.45, 7) is 6.30. The molecule has 3 nitrogen and oxygen atoms in total. The summed E-state index contributed by atoms with van der Waals surface area (Å²) in [7, 11) is 1.00. The predicted molar refractivity (Wildman–Crippen MR) is 129 cm³/mol. The SMILES string of the molecule is CO.Cc1[c-]c(-c2ccc3c(C)cccc3n2)cc(C)c1.OC1CCC2CCCCC12.[Ir]. The number of hydrogen-bond donors (Lipinski definition) is 2. The summed E-state index contributed by atoms with van der Waals surface area (Å²) in [6, 6.07) is 18.1. The van der Waals surface area contributed by atoms with Gasteiger partial charge in [0.2, 0.25) is 0 Å². The fourth-order valence-electron chi connectivity index (χ4n) is 5.19. The minimum Gasteiger partial charge on any atom is -0.400 e. The molecule has 0 aliphatic heterocycles. The molecule has 2 N–H and O–H groups in total. The van der Waals surface area contributed by atoms with Crippen LogP contribution in [0, 0.1) is 38.7 Å². The average molecular weight is 611 g/mol. The zero-order valence-electron chi connectivity index (χ0n) is 19.7. The number of aliphatic hydroxyl groups excluding tert-OH is 2. The van der Waals surface area contributed by atoms with Crippen LogP contribution in [0.25, 0.3) is 22.2 Å². The van der Waals surface area contributed by atoms with E-state index in [0.717, 1.165) is 41.8 Å². The molecule has 2 saturated carbocycles. The van der Waals surface area contributed by atoms with E-state index >= 15 is 0 Å². The van der Waals surface area contributed by atoms with Crippen molar-refractivity contribution in [1.29, 1.82) is 0 Å². The van der Waals surface area contributed by atoms with Crippen LogP contribution in [0.2, 0.25) is 0 Å². The fourth-order valence-corrected chi connectivity index (χ4v) is 5.19. The standard InChI is InChI=1S/C18H16N.C9H16O.CH4O.Ir/c1-12-9-13(2)11-15(10-12)17-8-7-16-14(3)5-4-6-18(16)19-17;10-9-6-5-7-3-1-2-4-8(7)9;1-2;/h4-10H,1-3H3;7-10H,1-6H2;2H,1H3;/q-1;;;. The molecule has 3 aromatic rings. The van der Waals surface area contributed by atoms with Crippen LogP contribution in [0.15, 0.2) is 42.5 Å². The van der Waals surface area contributed by atoms with Gasteiger partial charge in [0.1, 0.15) is 0 Å². The maximum absolute atomic E-state index is 9.52. The van der Waals surface area contributed by atoms with Crippen LogP contribution in [0.1, 0.15) is 55.2 Å². The van der Waals surface area contributed by atoms with Gasteiger partial charge >= 0.3 is 0 Å². The van der Waals surface area contributed by atoms with Crippen molar-refractivity contribution < 1.29 is 30.3 Å². The summed E-state index contributed by atoms with van der Waals surface area (Å²) in [6.07, 6.45) is 7.89. The van der Waals surface area contributed by atoms with Crippen molar-refractivity contribution >= 4 is 10.9 Å². The van der Waals surface area contributed by atoms with Gasteiger partial charge in [-0.15, -0.1) is 34.9 Å². The second kappa shape index (κ2) is 12.6. The Hall–Kier alpha value is -1.58. The van der Waals surface area contributed by atoms with E-state index in [1.165, 1.54) is 48.6 Å². The van der Waals surface area contributed by atoms with E-state index < -0.39 is 0 Å². The van der Waals surface area contributed by atoms with E-state index in [0.29, 0.717) is 5.92 Å². The van der Waals surface area contributed by atoms with Gasteiger partial charge in [0.15, 0.2) is 0 Å². The first-order chi connectivity index (χ1) is 15.0. The number of hydrogen-bond acceptors (Lipinski definition) is 3. The third-order valence-corrected chi connectivity index (χ3v) is 6.67. The summed E-state index contributed by atoms with van der Waals surface area (Å²) in [5, 5.41) is 17.7. The summed E-state index contributed by atoms with van der Waals surface area (Å²) >= 11 is 0. The molecule has 3 atom stereocenters. The van der Waals surface area contributed by atoms with Crippen LogP contribution in [-0.4, -0.2) is 28.4 Å². The Morgan fingerprint density at radius 1 is 0.906 bits per heavy atom. The van der Waals surface area contributed by atoms with Crippen molar-refractivity contribution in [2.45, 2.75) is 65.4 Å². The number of nitrogens with zero attached hydrogens (tertiary/aromatic N) is 1. The van der Waals surface area contributed by atoms with Gasteiger partial charge in [0.05, 0.1) is 11.6 Å². The Labute approximate surface area is 206 Å². The van der Waals surface area contributed by atoms with Crippen molar-refractivity contribution in [3.05, 3.63) is 65.2 Å². The first kappa shape index (κ1) is 26.7. The Kier molecular flexibility index (Phi) is 10.5. The van der Waals surface area contributed by atoms with Gasteiger partial charge in [-0.2, -0.15) is 0 Å². The van der Waals surface area contributed by atoms with Gasteiger partial charge in [-0.25, -0.2) is 0 Å². The molecule has 4 heteroatoms. The van der Waals surface area contributed by atoms with E-state index in [4.69, 9.17) is 10.1 Å². The molecular weight excluding hydrogens is 575 g/mol. The van der Waals surface area contributed by atoms with Gasteiger partial charge in [0, 0.05) is 32.6 Å². The molecule has 2 aliphatic rings. The fraction of sp³-hybridized carbons (Fsp3) is 0.464. The normalized spacial score (nSPS) is 21.4. The molecule has 2 fully saturated rings. The molecule has 175 valence electrons. The number of rotatable bonds is 1. The van der Waals surface area contributed by atoms with Crippen LogP contribution in [-0.2, 0) is 20.1 Å². The molecule has 5 rings (SSSR count). The summed E-state index contributed by atoms with van der Waals surface area (Å²) in [5.74, 6) is 1.58. The number of pyridine rings is 1. The Bertz CT molecular complexity index is 982. The third-order valence-electron chi connectivity index (χ3n) is 6.67. The van der Waals surface area contributed by atoms with Gasteiger partial charge in [-0.3, -0.25) is 4.98 Å². The van der Waals surface area contributed by atoms with E-state index in [1.807, 2.05) is 0 Å². The first-order valence-corrected chi connectivity index (χ1v) is 11.5. The molecule has 0 amide bonds. The second-order valence-corrected chi connectivity index (χ2v) is 8.95. The number of fused-ring (bicyclic) bond motifs is 2. The van der Waals surface area contributed by atoms with Gasteiger partial charge in [-0.1, -0.05) is 57.4 Å². The molecule has 3 unspecified atom stereocenters. The Morgan fingerprint density at radius 2 is 1.66 bits per heavy atom. The summed E-state index contributed by atoms with van der Waals surface area (Å²) in [5.41, 5.74) is 6.77. The number of aromatic nitrogens is 1. The molecule has 0 spiro atoms. The number of benzene rings is 2. The van der Waals surface area contributed by atoms with Crippen molar-refractivity contribution in [1.82, 2.24) is 4.98 Å². The Balaban J connectivity index is 0.000000236. The van der Waals surface area contributed by atoms with E-state index in [1.54, 1.807) is 0 Å². The molecule has 1 heterocycles. The second-order valence-electron chi connectivity index (χ2n) is 8.95. The van der Waals surface area contributed by atoms with Crippen LogP contribution < -0.4 is 0 Å². The minimum atomic E-state index is 0. The number of aryl methyl sites for hydroxylation is 3. The molecule has 2 aliphatic carbocycles. The first-order valence-electron chi connectivity index (χ1n) is 11.5. The minimum absolute atomic E-state index is 0. The average Bonchev–Trinajstić information content (AvgIpc) is 3.16. The quantitative estimate of drug-likeness (QED) is 0.324. The van der Waals surface area contributed by atoms with Crippen molar-refractivity contribution in [3.63, 3.8) is 0 Å². The molecule has 2 aromatic carbocycles. The van der Waals surface area contributed by atoms with Crippen LogP contribution >= 0.6 is 0 Å². The summed E-state index contributed by atoms with van der Waals surface area (Å²) in [4.78, 5) is 4.76. The maximum atomic E-state index is 9.52. The molecule has 0 bridgehead atoms. The van der Waals surface area contributed by atoms with Gasteiger partial charge in [-0.05, 0) is 55.3 Å². The molecule has 1 aromatic heterocycles. The van der Waals surface area contributed by atoms with Crippen LogP contribution in [0.5, 0.6) is 0 Å². The van der Waals surface area contributed by atoms with Gasteiger partial charge in [0.25, 0.3) is 0 Å². The van der Waals surface area contributed by atoms with Gasteiger partial charge < -0.3 is 10.2 Å². The number of aliphatic hydroxyl groups is 2. The Morgan fingerprint density at radius 3 is 2.38 bits per heavy atom. The van der Waals surface area contributed by atoms with Crippen molar-refractivity contribution in [2.24, 2.45) is 11.8 Å². The maximum Gasteiger partial charge on any atom is 0.0597 e. The molecule has 32 heavy (non-hydrogen) atoms. The zero-order chi connectivity index (χ0) is 22.4. The summed E-state index contributed by atoms with van der Waals surface area (Å²) < 4.78 is 0. The largest absolute Gasteiger partial charge is 0.400 e. The monoisotopic (exact) mass is 611 g/mol. The van der Waals surface area contributed by atoms with Crippen molar-refractivity contribution in [3.8, 4) is 11.3 Å². The molecular formula is C28H36IrNO2-. The van der Waals surface area contributed by atoms with Crippen LogP contribution in [0.3, 0.4) is 0 Å². The topological polar surface area (TPSA) is 53.4 Å². The zero-order valence-corrected chi connectivity index (χ0v) is 22.1. The van der Waals surface area contributed by atoms with E-state index in [2.05, 4.69) is 69.3 Å². The third kappa shape index (κ3) is 6.48. The smallest absolute Gasteiger partial charge is 0.0597 e. The molecule has 1 radical (unpaired) electrons.